The van der Waals surface area contributed by atoms with Crippen LogP contribution < -0.4 is 16.4 Å². The Morgan fingerprint density at radius 1 is 1.21 bits per heavy atom. The highest BCUT2D eigenvalue weighted by Crippen LogP contribution is 2.11. The monoisotopic (exact) mass is 263 g/mol. The minimum Gasteiger partial charge on any atom is -0.368 e. The van der Waals surface area contributed by atoms with Crippen molar-refractivity contribution < 1.29 is 9.59 Å². The first-order chi connectivity index (χ1) is 8.79. The van der Waals surface area contributed by atoms with Crippen LogP contribution in [0.15, 0.2) is 30.3 Å². The highest BCUT2D eigenvalue weighted by atomic mass is 16.2. The van der Waals surface area contributed by atoms with Crippen molar-refractivity contribution in [1.82, 2.24) is 10.6 Å². The van der Waals surface area contributed by atoms with Gasteiger partial charge in [0.15, 0.2) is 0 Å². The lowest BCUT2D eigenvalue weighted by Crippen LogP contribution is -2.46. The number of carbonyl (C=O) groups is 2. The van der Waals surface area contributed by atoms with Gasteiger partial charge in [0.05, 0.1) is 6.54 Å². The van der Waals surface area contributed by atoms with E-state index in [1.807, 2.05) is 39.0 Å². The minimum atomic E-state index is -0.660. The summed E-state index contributed by atoms with van der Waals surface area (Å²) in [4.78, 5) is 23.1. The van der Waals surface area contributed by atoms with Gasteiger partial charge in [0, 0.05) is 5.54 Å². The number of rotatable bonds is 5. The molecule has 0 spiro atoms. The van der Waals surface area contributed by atoms with Crippen molar-refractivity contribution in [1.29, 1.82) is 0 Å². The third kappa shape index (κ3) is 5.52. The van der Waals surface area contributed by atoms with Gasteiger partial charge in [0.2, 0.25) is 11.8 Å². The summed E-state index contributed by atoms with van der Waals surface area (Å²) in [6, 6.07) is 8.43. The molecule has 104 valence electrons. The number of nitrogens with two attached hydrogens (primary N) is 1. The molecule has 0 aliphatic carbocycles. The minimum absolute atomic E-state index is 0.0414. The molecule has 4 N–H and O–H groups in total. The van der Waals surface area contributed by atoms with Crippen LogP contribution in [0, 0.1) is 0 Å². The molecule has 1 unspecified atom stereocenters. The first-order valence-electron chi connectivity index (χ1n) is 6.18. The van der Waals surface area contributed by atoms with E-state index in [-0.39, 0.29) is 18.0 Å². The molecule has 5 heteroatoms. The van der Waals surface area contributed by atoms with E-state index in [2.05, 4.69) is 10.6 Å². The van der Waals surface area contributed by atoms with E-state index < -0.39 is 11.9 Å². The van der Waals surface area contributed by atoms with Crippen LogP contribution in [-0.4, -0.2) is 23.9 Å². The molecule has 0 saturated carbocycles. The molecule has 5 nitrogen and oxygen atoms in total. The zero-order chi connectivity index (χ0) is 14.5. The molecule has 1 aromatic carbocycles. The van der Waals surface area contributed by atoms with Crippen molar-refractivity contribution in [3.05, 3.63) is 35.9 Å². The van der Waals surface area contributed by atoms with Gasteiger partial charge in [0.25, 0.3) is 0 Å². The smallest absolute Gasteiger partial charge is 0.239 e. The Morgan fingerprint density at radius 3 is 2.26 bits per heavy atom. The summed E-state index contributed by atoms with van der Waals surface area (Å²) in [5.41, 5.74) is 5.80. The van der Waals surface area contributed by atoms with Crippen LogP contribution in [-0.2, 0) is 9.59 Å². The summed E-state index contributed by atoms with van der Waals surface area (Å²) < 4.78 is 0. The van der Waals surface area contributed by atoms with Crippen molar-refractivity contribution in [3.63, 3.8) is 0 Å². The Hall–Kier alpha value is -1.88. The van der Waals surface area contributed by atoms with E-state index in [4.69, 9.17) is 5.73 Å². The first-order valence-corrected chi connectivity index (χ1v) is 6.18. The highest BCUT2D eigenvalue weighted by molar-refractivity contribution is 5.83. The SMILES string of the molecule is CC(C)(C)NC(=O)CNC(C(N)=O)c1ccccc1. The topological polar surface area (TPSA) is 84.2 Å². The van der Waals surface area contributed by atoms with Crippen LogP contribution in [0.25, 0.3) is 0 Å². The van der Waals surface area contributed by atoms with Gasteiger partial charge in [-0.3, -0.25) is 14.9 Å². The van der Waals surface area contributed by atoms with E-state index in [0.29, 0.717) is 0 Å². The molecule has 0 fully saturated rings. The van der Waals surface area contributed by atoms with Gasteiger partial charge in [-0.15, -0.1) is 0 Å². The van der Waals surface area contributed by atoms with E-state index in [0.717, 1.165) is 5.56 Å². The molecule has 1 rings (SSSR count). The average molecular weight is 263 g/mol. The molecule has 0 heterocycles. The van der Waals surface area contributed by atoms with Crippen LogP contribution >= 0.6 is 0 Å². The summed E-state index contributed by atoms with van der Waals surface area (Å²) in [6.07, 6.45) is 0. The average Bonchev–Trinajstić information content (AvgIpc) is 2.27. The molecular weight excluding hydrogens is 242 g/mol. The second kappa shape index (κ2) is 6.33. The normalized spacial score (nSPS) is 12.8. The van der Waals surface area contributed by atoms with Crippen molar-refractivity contribution in [2.45, 2.75) is 32.4 Å². The zero-order valence-corrected chi connectivity index (χ0v) is 11.6. The predicted octanol–water partition coefficient (Wildman–Crippen LogP) is 0.717. The fraction of sp³-hybridized carbons (Fsp3) is 0.429. The largest absolute Gasteiger partial charge is 0.368 e. The number of hydrogen-bond acceptors (Lipinski definition) is 3. The number of amides is 2. The first kappa shape index (κ1) is 15.2. The van der Waals surface area contributed by atoms with Crippen molar-refractivity contribution in [2.75, 3.05) is 6.54 Å². The van der Waals surface area contributed by atoms with Gasteiger partial charge < -0.3 is 11.1 Å². The lowest BCUT2D eigenvalue weighted by Gasteiger charge is -2.22. The van der Waals surface area contributed by atoms with Gasteiger partial charge in [-0.25, -0.2) is 0 Å². The Morgan fingerprint density at radius 2 is 1.79 bits per heavy atom. The molecule has 0 aliphatic rings. The van der Waals surface area contributed by atoms with Gasteiger partial charge in [-0.05, 0) is 26.3 Å². The Balaban J connectivity index is 2.62. The van der Waals surface area contributed by atoms with Crippen molar-refractivity contribution >= 4 is 11.8 Å². The molecule has 2 amide bonds. The molecule has 0 radical (unpaired) electrons. The van der Waals surface area contributed by atoms with E-state index >= 15 is 0 Å². The molecule has 0 aromatic heterocycles. The van der Waals surface area contributed by atoms with Crippen LogP contribution in [0.3, 0.4) is 0 Å². The van der Waals surface area contributed by atoms with Crippen LogP contribution in [0.5, 0.6) is 0 Å². The standard InChI is InChI=1S/C14H21N3O2/c1-14(2,3)17-11(18)9-16-12(13(15)19)10-7-5-4-6-8-10/h4-8,12,16H,9H2,1-3H3,(H2,15,19)(H,17,18). The van der Waals surface area contributed by atoms with Crippen molar-refractivity contribution in [3.8, 4) is 0 Å². The number of primary amides is 1. The maximum Gasteiger partial charge on any atom is 0.239 e. The Bertz CT molecular complexity index is 438. The van der Waals surface area contributed by atoms with E-state index in [9.17, 15) is 9.59 Å². The predicted molar refractivity (Wildman–Crippen MR) is 74.3 cm³/mol. The van der Waals surface area contributed by atoms with Crippen molar-refractivity contribution in [2.24, 2.45) is 5.73 Å². The van der Waals surface area contributed by atoms with Gasteiger partial charge >= 0.3 is 0 Å². The van der Waals surface area contributed by atoms with Crippen LogP contribution in [0.1, 0.15) is 32.4 Å². The lowest BCUT2D eigenvalue weighted by molar-refractivity contribution is -0.122. The van der Waals surface area contributed by atoms with Gasteiger partial charge in [0.1, 0.15) is 6.04 Å². The molecule has 1 aromatic rings. The highest BCUT2D eigenvalue weighted by Gasteiger charge is 2.19. The fourth-order valence-electron chi connectivity index (χ4n) is 1.69. The zero-order valence-electron chi connectivity index (χ0n) is 11.6. The Labute approximate surface area is 113 Å². The number of carbonyl (C=O) groups excluding carboxylic acids is 2. The maximum absolute atomic E-state index is 11.7. The summed E-state index contributed by atoms with van der Waals surface area (Å²) in [5, 5.41) is 5.68. The molecule has 1 atom stereocenters. The molecule has 0 saturated heterocycles. The summed E-state index contributed by atoms with van der Waals surface area (Å²) >= 11 is 0. The van der Waals surface area contributed by atoms with E-state index in [1.54, 1.807) is 12.1 Å². The quantitative estimate of drug-likeness (QED) is 0.731. The summed E-state index contributed by atoms with van der Waals surface area (Å²) in [7, 11) is 0. The number of hydrogen-bond donors (Lipinski definition) is 3. The third-order valence-corrected chi connectivity index (χ3v) is 2.40. The fourth-order valence-corrected chi connectivity index (χ4v) is 1.69. The van der Waals surface area contributed by atoms with Crippen LogP contribution in [0.4, 0.5) is 0 Å². The molecular formula is C14H21N3O2. The van der Waals surface area contributed by atoms with E-state index in [1.165, 1.54) is 0 Å². The van der Waals surface area contributed by atoms with Crippen LogP contribution in [0.2, 0.25) is 0 Å². The van der Waals surface area contributed by atoms with Gasteiger partial charge in [-0.1, -0.05) is 30.3 Å². The third-order valence-electron chi connectivity index (χ3n) is 2.40. The second-order valence-corrected chi connectivity index (χ2v) is 5.43. The maximum atomic E-state index is 11.7. The molecule has 0 aliphatic heterocycles. The number of benzene rings is 1. The summed E-state index contributed by atoms with van der Waals surface area (Å²) in [5.74, 6) is -0.676. The molecule has 0 bridgehead atoms. The Kier molecular flexibility index (Phi) is 5.06. The number of nitrogens with one attached hydrogen (secondary N) is 2. The van der Waals surface area contributed by atoms with Gasteiger partial charge in [-0.2, -0.15) is 0 Å². The summed E-state index contributed by atoms with van der Waals surface area (Å²) in [6.45, 7) is 5.73. The molecule has 19 heavy (non-hydrogen) atoms. The lowest BCUT2D eigenvalue weighted by atomic mass is 10.1. The second-order valence-electron chi connectivity index (χ2n) is 5.43.